The maximum atomic E-state index is 5.04. The number of hydrogen-bond donors (Lipinski definition) is 0. The summed E-state index contributed by atoms with van der Waals surface area (Å²) in [6.07, 6.45) is 0. The Balaban J connectivity index is 1.13. The number of aromatic nitrogens is 3. The minimum absolute atomic E-state index is 0.645. The molecule has 0 fully saturated rings. The van der Waals surface area contributed by atoms with Gasteiger partial charge in [-0.1, -0.05) is 164 Å². The molecule has 9 aromatic rings. The summed E-state index contributed by atoms with van der Waals surface area (Å²) in [7, 11) is 0. The summed E-state index contributed by atoms with van der Waals surface area (Å²) in [4.78, 5) is 15.1. The van der Waals surface area contributed by atoms with Gasteiger partial charge in [-0.2, -0.15) is 0 Å². The average Bonchev–Trinajstić information content (AvgIpc) is 3.17. The molecule has 1 heterocycles. The molecule has 0 atom stereocenters. The highest BCUT2D eigenvalue weighted by atomic mass is 15.0. The van der Waals surface area contributed by atoms with Crippen LogP contribution in [-0.2, 0) is 0 Å². The van der Waals surface area contributed by atoms with Gasteiger partial charge < -0.3 is 0 Å². The van der Waals surface area contributed by atoms with Crippen LogP contribution in [-0.4, -0.2) is 15.0 Å². The highest BCUT2D eigenvalue weighted by molar-refractivity contribution is 5.97. The number of hydrogen-bond acceptors (Lipinski definition) is 3. The topological polar surface area (TPSA) is 38.7 Å². The van der Waals surface area contributed by atoms with Crippen molar-refractivity contribution in [2.75, 3.05) is 0 Å². The first kappa shape index (κ1) is 27.8. The van der Waals surface area contributed by atoms with Crippen LogP contribution in [0, 0.1) is 0 Å². The maximum Gasteiger partial charge on any atom is 0.164 e. The molecular weight excluding hydrogens is 583 g/mol. The van der Waals surface area contributed by atoms with Crippen LogP contribution in [0.25, 0.3) is 88.7 Å². The van der Waals surface area contributed by atoms with Gasteiger partial charge in [-0.25, -0.2) is 15.0 Å². The molecule has 0 saturated heterocycles. The van der Waals surface area contributed by atoms with Crippen LogP contribution in [0.3, 0.4) is 0 Å². The fraction of sp³-hybridized carbons (Fsp3) is 0. The quantitative estimate of drug-likeness (QED) is 0.194. The molecule has 8 aromatic carbocycles. The predicted octanol–water partition coefficient (Wildman–Crippen LogP) is 11.7. The molecule has 48 heavy (non-hydrogen) atoms. The summed E-state index contributed by atoms with van der Waals surface area (Å²) in [5, 5.41) is 7.27. The van der Waals surface area contributed by atoms with E-state index in [2.05, 4.69) is 176 Å². The highest BCUT2D eigenvalue weighted by Crippen LogP contribution is 2.32. The zero-order valence-corrected chi connectivity index (χ0v) is 26.1. The Hall–Kier alpha value is -6.45. The second-order valence-corrected chi connectivity index (χ2v) is 12.1. The van der Waals surface area contributed by atoms with E-state index in [1.54, 1.807) is 0 Å². The first-order valence-corrected chi connectivity index (χ1v) is 16.2. The van der Waals surface area contributed by atoms with Gasteiger partial charge in [0.2, 0.25) is 0 Å². The third-order valence-corrected chi connectivity index (χ3v) is 9.11. The van der Waals surface area contributed by atoms with Crippen LogP contribution in [0.1, 0.15) is 0 Å². The Kier molecular flexibility index (Phi) is 6.80. The van der Waals surface area contributed by atoms with E-state index in [-0.39, 0.29) is 0 Å². The Morgan fingerprint density at radius 3 is 1.29 bits per heavy atom. The van der Waals surface area contributed by atoms with E-state index in [4.69, 9.17) is 15.0 Å². The lowest BCUT2D eigenvalue weighted by atomic mass is 9.97. The summed E-state index contributed by atoms with van der Waals surface area (Å²) >= 11 is 0. The fourth-order valence-corrected chi connectivity index (χ4v) is 6.55. The number of rotatable bonds is 5. The van der Waals surface area contributed by atoms with E-state index in [9.17, 15) is 0 Å². The van der Waals surface area contributed by atoms with E-state index in [1.807, 2.05) is 0 Å². The summed E-state index contributed by atoms with van der Waals surface area (Å²) in [5.41, 5.74) is 7.54. The molecule has 0 spiro atoms. The molecule has 0 radical (unpaired) electrons. The number of nitrogens with zero attached hydrogens (tertiary/aromatic N) is 3. The lowest BCUT2D eigenvalue weighted by molar-refractivity contribution is 1.07. The van der Waals surface area contributed by atoms with Crippen molar-refractivity contribution >= 4 is 32.3 Å². The van der Waals surface area contributed by atoms with Gasteiger partial charge in [-0.3, -0.25) is 0 Å². The SMILES string of the molecule is c1ccc2cc(-c3ccc(-c4nc(-c5ccc(-c6cccc7ccccc67)cc5)nc(-c5ccc6ccccc6c5)n4)cc3)ccc2c1. The fourth-order valence-electron chi connectivity index (χ4n) is 6.55. The number of benzene rings is 8. The molecular formula is C45H29N3. The van der Waals surface area contributed by atoms with Gasteiger partial charge in [0, 0.05) is 16.7 Å². The van der Waals surface area contributed by atoms with Crippen molar-refractivity contribution in [3.05, 3.63) is 176 Å². The van der Waals surface area contributed by atoms with Gasteiger partial charge in [0.1, 0.15) is 0 Å². The lowest BCUT2D eigenvalue weighted by Gasteiger charge is -2.11. The van der Waals surface area contributed by atoms with Gasteiger partial charge in [-0.05, 0) is 66.7 Å². The van der Waals surface area contributed by atoms with Gasteiger partial charge in [0.15, 0.2) is 17.5 Å². The Morgan fingerprint density at radius 1 is 0.250 bits per heavy atom. The van der Waals surface area contributed by atoms with Crippen molar-refractivity contribution in [2.45, 2.75) is 0 Å². The van der Waals surface area contributed by atoms with E-state index in [0.29, 0.717) is 17.5 Å². The van der Waals surface area contributed by atoms with Gasteiger partial charge in [0.25, 0.3) is 0 Å². The van der Waals surface area contributed by atoms with Crippen molar-refractivity contribution in [3.63, 3.8) is 0 Å². The minimum atomic E-state index is 0.645. The van der Waals surface area contributed by atoms with Crippen LogP contribution in [0.5, 0.6) is 0 Å². The third-order valence-electron chi connectivity index (χ3n) is 9.11. The molecule has 0 N–H and O–H groups in total. The molecule has 9 rings (SSSR count). The van der Waals surface area contributed by atoms with E-state index in [1.165, 1.54) is 38.1 Å². The normalized spacial score (nSPS) is 11.3. The summed E-state index contributed by atoms with van der Waals surface area (Å²) in [6, 6.07) is 61.8. The Morgan fingerprint density at radius 2 is 0.667 bits per heavy atom. The molecule has 3 nitrogen and oxygen atoms in total. The van der Waals surface area contributed by atoms with Crippen molar-refractivity contribution in [2.24, 2.45) is 0 Å². The van der Waals surface area contributed by atoms with Crippen molar-refractivity contribution in [3.8, 4) is 56.4 Å². The first-order valence-electron chi connectivity index (χ1n) is 16.2. The maximum absolute atomic E-state index is 5.04. The largest absolute Gasteiger partial charge is 0.208 e. The van der Waals surface area contributed by atoms with E-state index < -0.39 is 0 Å². The Bertz CT molecular complexity index is 2600. The first-order chi connectivity index (χ1) is 23.7. The molecule has 224 valence electrons. The lowest BCUT2D eigenvalue weighted by Crippen LogP contribution is -2.00. The van der Waals surface area contributed by atoms with Crippen LogP contribution < -0.4 is 0 Å². The molecule has 1 aromatic heterocycles. The van der Waals surface area contributed by atoms with E-state index in [0.717, 1.165) is 33.2 Å². The molecule has 0 unspecified atom stereocenters. The van der Waals surface area contributed by atoms with Crippen molar-refractivity contribution < 1.29 is 0 Å². The summed E-state index contributed by atoms with van der Waals surface area (Å²) in [5.74, 6) is 1.94. The molecule has 0 aliphatic heterocycles. The highest BCUT2D eigenvalue weighted by Gasteiger charge is 2.14. The second kappa shape index (κ2) is 11.7. The summed E-state index contributed by atoms with van der Waals surface area (Å²) in [6.45, 7) is 0. The van der Waals surface area contributed by atoms with Crippen LogP contribution in [0.15, 0.2) is 176 Å². The zero-order chi connectivity index (χ0) is 31.9. The van der Waals surface area contributed by atoms with Gasteiger partial charge >= 0.3 is 0 Å². The minimum Gasteiger partial charge on any atom is -0.208 e. The van der Waals surface area contributed by atoms with Crippen LogP contribution >= 0.6 is 0 Å². The zero-order valence-electron chi connectivity index (χ0n) is 26.1. The van der Waals surface area contributed by atoms with Gasteiger partial charge in [-0.15, -0.1) is 0 Å². The van der Waals surface area contributed by atoms with Gasteiger partial charge in [0.05, 0.1) is 0 Å². The number of fused-ring (bicyclic) bond motifs is 3. The smallest absolute Gasteiger partial charge is 0.164 e. The molecule has 0 aliphatic rings. The molecule has 0 amide bonds. The van der Waals surface area contributed by atoms with Crippen molar-refractivity contribution in [1.29, 1.82) is 0 Å². The van der Waals surface area contributed by atoms with Crippen LogP contribution in [0.4, 0.5) is 0 Å². The van der Waals surface area contributed by atoms with Crippen LogP contribution in [0.2, 0.25) is 0 Å². The third kappa shape index (κ3) is 5.18. The monoisotopic (exact) mass is 611 g/mol. The van der Waals surface area contributed by atoms with Crippen molar-refractivity contribution in [1.82, 2.24) is 15.0 Å². The molecule has 3 heteroatoms. The molecule has 0 saturated carbocycles. The standard InChI is InChI=1S/C45H29N3/c1-3-11-37-28-39(26-18-30(37)8-1)32-16-22-35(23-17-32)43-46-44(48-45(47-43)40-27-19-31-9-2-4-12-38(31)29-40)36-24-20-34(21-25-36)42-15-7-13-33-10-5-6-14-41(33)42/h1-29H. The molecule has 0 bridgehead atoms. The Labute approximate surface area is 278 Å². The predicted molar refractivity (Wildman–Crippen MR) is 200 cm³/mol. The van der Waals surface area contributed by atoms with E-state index >= 15 is 0 Å². The second-order valence-electron chi connectivity index (χ2n) is 12.1. The molecule has 0 aliphatic carbocycles. The average molecular weight is 612 g/mol. The summed E-state index contributed by atoms with van der Waals surface area (Å²) < 4.78 is 0.